The third kappa shape index (κ3) is 3.07. The Kier molecular flexibility index (Phi) is 4.56. The third-order valence-corrected chi connectivity index (χ3v) is 3.48. The molecule has 104 valence electrons. The van der Waals surface area contributed by atoms with Gasteiger partial charge in [0.05, 0.1) is 11.3 Å². The van der Waals surface area contributed by atoms with Gasteiger partial charge in [0.2, 0.25) is 0 Å². The average molecular weight is 386 g/mol. The number of anilines is 2. The molecular formula is C14H12FIN2O2. The van der Waals surface area contributed by atoms with Gasteiger partial charge in [0.25, 0.3) is 5.91 Å². The predicted octanol–water partition coefficient (Wildman–Crippen LogP) is 3.60. The molecule has 0 aliphatic rings. The van der Waals surface area contributed by atoms with Gasteiger partial charge < -0.3 is 5.32 Å². The van der Waals surface area contributed by atoms with Gasteiger partial charge in [-0.25, -0.2) is 9.87 Å². The molecule has 6 heteroatoms. The topological polar surface area (TPSA) is 61.4 Å². The zero-order chi connectivity index (χ0) is 14.7. The van der Waals surface area contributed by atoms with E-state index < -0.39 is 11.7 Å². The lowest BCUT2D eigenvalue weighted by Crippen LogP contribution is -2.20. The SMILES string of the molecule is Cc1cc(I)ccc1Nc1c(F)cccc1C(=O)NO. The molecule has 0 aliphatic carbocycles. The first kappa shape index (κ1) is 14.7. The number of carbonyl (C=O) groups is 1. The van der Waals surface area contributed by atoms with E-state index in [-0.39, 0.29) is 11.3 Å². The largest absolute Gasteiger partial charge is 0.352 e. The molecule has 0 bridgehead atoms. The summed E-state index contributed by atoms with van der Waals surface area (Å²) in [5.74, 6) is -1.33. The van der Waals surface area contributed by atoms with E-state index in [1.54, 1.807) is 0 Å². The molecule has 2 aromatic rings. The monoisotopic (exact) mass is 386 g/mol. The van der Waals surface area contributed by atoms with E-state index in [2.05, 4.69) is 27.9 Å². The Morgan fingerprint density at radius 2 is 2.05 bits per heavy atom. The van der Waals surface area contributed by atoms with Crippen LogP contribution in [-0.4, -0.2) is 11.1 Å². The molecule has 2 rings (SSSR count). The number of rotatable bonds is 3. The number of benzene rings is 2. The minimum absolute atomic E-state index is 0.0309. The van der Waals surface area contributed by atoms with Crippen molar-refractivity contribution in [1.29, 1.82) is 0 Å². The highest BCUT2D eigenvalue weighted by molar-refractivity contribution is 14.1. The molecule has 0 aromatic heterocycles. The van der Waals surface area contributed by atoms with E-state index in [4.69, 9.17) is 5.21 Å². The molecule has 2 aromatic carbocycles. The second-order valence-electron chi connectivity index (χ2n) is 4.19. The van der Waals surface area contributed by atoms with Gasteiger partial charge in [-0.2, -0.15) is 0 Å². The molecule has 0 saturated carbocycles. The highest BCUT2D eigenvalue weighted by Crippen LogP contribution is 2.27. The summed E-state index contributed by atoms with van der Waals surface area (Å²) in [6, 6.07) is 9.71. The van der Waals surface area contributed by atoms with Crippen LogP contribution in [0.1, 0.15) is 15.9 Å². The Labute approximate surface area is 129 Å². The van der Waals surface area contributed by atoms with Crippen LogP contribution in [0.5, 0.6) is 0 Å². The summed E-state index contributed by atoms with van der Waals surface area (Å²) in [4.78, 5) is 11.5. The molecule has 4 nitrogen and oxygen atoms in total. The van der Waals surface area contributed by atoms with Crippen LogP contribution >= 0.6 is 22.6 Å². The molecule has 0 heterocycles. The molecule has 0 saturated heterocycles. The second-order valence-corrected chi connectivity index (χ2v) is 5.43. The Morgan fingerprint density at radius 1 is 1.30 bits per heavy atom. The fourth-order valence-electron chi connectivity index (χ4n) is 1.80. The van der Waals surface area contributed by atoms with Crippen molar-refractivity contribution in [1.82, 2.24) is 5.48 Å². The quantitative estimate of drug-likeness (QED) is 0.429. The number of halogens is 2. The summed E-state index contributed by atoms with van der Waals surface area (Å²) >= 11 is 2.18. The van der Waals surface area contributed by atoms with E-state index in [0.717, 1.165) is 9.13 Å². The number of hydrogen-bond acceptors (Lipinski definition) is 3. The van der Waals surface area contributed by atoms with Crippen molar-refractivity contribution in [3.8, 4) is 0 Å². The number of para-hydroxylation sites is 1. The molecule has 0 radical (unpaired) electrons. The molecule has 3 N–H and O–H groups in total. The highest BCUT2D eigenvalue weighted by atomic mass is 127. The maximum absolute atomic E-state index is 13.9. The van der Waals surface area contributed by atoms with Crippen molar-refractivity contribution in [2.24, 2.45) is 0 Å². The lowest BCUT2D eigenvalue weighted by Gasteiger charge is -2.14. The molecular weight excluding hydrogens is 374 g/mol. The van der Waals surface area contributed by atoms with Gasteiger partial charge in [-0.3, -0.25) is 10.0 Å². The van der Waals surface area contributed by atoms with Gasteiger partial charge in [0, 0.05) is 9.26 Å². The summed E-state index contributed by atoms with van der Waals surface area (Å²) < 4.78 is 15.0. The third-order valence-electron chi connectivity index (χ3n) is 2.81. The predicted molar refractivity (Wildman–Crippen MR) is 82.8 cm³/mol. The van der Waals surface area contributed by atoms with Crippen molar-refractivity contribution in [3.63, 3.8) is 0 Å². The first-order chi connectivity index (χ1) is 9.52. The van der Waals surface area contributed by atoms with Crippen LogP contribution in [0, 0.1) is 16.3 Å². The maximum Gasteiger partial charge on any atom is 0.276 e. The van der Waals surface area contributed by atoms with Crippen LogP contribution in [0.25, 0.3) is 0 Å². The second kappa shape index (κ2) is 6.19. The number of nitrogens with one attached hydrogen (secondary N) is 2. The van der Waals surface area contributed by atoms with Crippen molar-refractivity contribution >= 4 is 39.9 Å². The Bertz CT molecular complexity index is 662. The summed E-state index contributed by atoms with van der Waals surface area (Å²) in [6.45, 7) is 1.89. The number of aryl methyl sites for hydroxylation is 1. The van der Waals surface area contributed by atoms with Gasteiger partial charge in [-0.1, -0.05) is 6.07 Å². The zero-order valence-corrected chi connectivity index (χ0v) is 12.7. The van der Waals surface area contributed by atoms with Gasteiger partial charge >= 0.3 is 0 Å². The number of carbonyl (C=O) groups excluding carboxylic acids is 1. The maximum atomic E-state index is 13.9. The Balaban J connectivity index is 2.45. The van der Waals surface area contributed by atoms with Crippen LogP contribution in [0.4, 0.5) is 15.8 Å². The van der Waals surface area contributed by atoms with Crippen LogP contribution in [0.2, 0.25) is 0 Å². The summed E-state index contributed by atoms with van der Waals surface area (Å²) in [7, 11) is 0. The average Bonchev–Trinajstić information content (AvgIpc) is 2.42. The first-order valence-electron chi connectivity index (χ1n) is 5.79. The van der Waals surface area contributed by atoms with Crippen LogP contribution < -0.4 is 10.8 Å². The minimum Gasteiger partial charge on any atom is -0.352 e. The fourth-order valence-corrected chi connectivity index (χ4v) is 2.45. The van der Waals surface area contributed by atoms with Crippen molar-refractivity contribution in [2.45, 2.75) is 6.92 Å². The highest BCUT2D eigenvalue weighted by Gasteiger charge is 2.15. The Hall–Kier alpha value is -1.67. The van der Waals surface area contributed by atoms with Gasteiger partial charge in [0.1, 0.15) is 5.82 Å². The van der Waals surface area contributed by atoms with Crippen molar-refractivity contribution < 1.29 is 14.4 Å². The van der Waals surface area contributed by atoms with Crippen molar-refractivity contribution in [3.05, 3.63) is 56.9 Å². The Morgan fingerprint density at radius 3 is 2.70 bits per heavy atom. The van der Waals surface area contributed by atoms with E-state index in [1.165, 1.54) is 23.7 Å². The van der Waals surface area contributed by atoms with Gasteiger partial charge in [-0.05, 0) is 65.4 Å². The lowest BCUT2D eigenvalue weighted by molar-refractivity contribution is 0.0707. The molecule has 0 fully saturated rings. The van der Waals surface area contributed by atoms with E-state index in [0.29, 0.717) is 5.69 Å². The van der Waals surface area contributed by atoms with E-state index in [1.807, 2.05) is 25.1 Å². The number of hydrogen-bond donors (Lipinski definition) is 3. The molecule has 0 unspecified atom stereocenters. The van der Waals surface area contributed by atoms with E-state index >= 15 is 0 Å². The standard InChI is InChI=1S/C14H12FIN2O2/c1-8-7-9(16)5-6-12(8)17-13-10(14(19)18-20)3-2-4-11(13)15/h2-7,17,20H,1H3,(H,18,19). The molecule has 1 amide bonds. The smallest absolute Gasteiger partial charge is 0.276 e. The minimum atomic E-state index is -0.768. The number of amides is 1. The first-order valence-corrected chi connectivity index (χ1v) is 6.87. The summed E-state index contributed by atoms with van der Waals surface area (Å²) in [5.41, 5.74) is 3.20. The lowest BCUT2D eigenvalue weighted by atomic mass is 10.1. The summed E-state index contributed by atoms with van der Waals surface area (Å²) in [6.07, 6.45) is 0. The van der Waals surface area contributed by atoms with Crippen LogP contribution in [-0.2, 0) is 0 Å². The zero-order valence-electron chi connectivity index (χ0n) is 10.6. The molecule has 0 atom stereocenters. The van der Waals surface area contributed by atoms with E-state index in [9.17, 15) is 9.18 Å². The normalized spacial score (nSPS) is 10.2. The van der Waals surface area contributed by atoms with Gasteiger partial charge in [-0.15, -0.1) is 0 Å². The molecule has 0 aliphatic heterocycles. The molecule has 20 heavy (non-hydrogen) atoms. The van der Waals surface area contributed by atoms with Crippen LogP contribution in [0.3, 0.4) is 0 Å². The molecule has 0 spiro atoms. The fraction of sp³-hybridized carbons (Fsp3) is 0.0714. The van der Waals surface area contributed by atoms with Crippen molar-refractivity contribution in [2.75, 3.05) is 5.32 Å². The van der Waals surface area contributed by atoms with Crippen LogP contribution in [0.15, 0.2) is 36.4 Å². The number of hydroxylamine groups is 1. The summed E-state index contributed by atoms with van der Waals surface area (Å²) in [5, 5.41) is 11.6. The van der Waals surface area contributed by atoms with Gasteiger partial charge in [0.15, 0.2) is 0 Å².